The highest BCUT2D eigenvalue weighted by molar-refractivity contribution is 8.00. The molecule has 0 bridgehead atoms. The SMILES string of the molecule is CSC(C)(CCc1cc(C)c(OC(C)=O)c(C)c1)C(c1ccc(C(F)(F)F)cc1)C(O)c1[nH]nc[nH+]1.[Br-]. The van der Waals surface area contributed by atoms with Gasteiger partial charge in [0.2, 0.25) is 0 Å². The van der Waals surface area contributed by atoms with E-state index in [4.69, 9.17) is 4.74 Å². The van der Waals surface area contributed by atoms with Gasteiger partial charge in [-0.05, 0) is 74.3 Å². The Kier molecular flexibility index (Phi) is 10.4. The Labute approximate surface area is 229 Å². The summed E-state index contributed by atoms with van der Waals surface area (Å²) in [5, 5.41) is 18.0. The molecule has 0 amide bonds. The lowest BCUT2D eigenvalue weighted by Crippen LogP contribution is -3.00. The van der Waals surface area contributed by atoms with E-state index < -0.39 is 28.5 Å². The van der Waals surface area contributed by atoms with E-state index in [1.54, 1.807) is 11.8 Å². The van der Waals surface area contributed by atoms with E-state index in [9.17, 15) is 23.1 Å². The van der Waals surface area contributed by atoms with Gasteiger partial charge in [0.25, 0.3) is 12.2 Å². The van der Waals surface area contributed by atoms with Crippen molar-refractivity contribution in [2.45, 2.75) is 63.5 Å². The molecule has 3 rings (SSSR count). The normalized spacial score (nSPS) is 14.8. The number of aliphatic hydroxyl groups excluding tert-OH is 1. The summed E-state index contributed by atoms with van der Waals surface area (Å²) < 4.78 is 44.3. The summed E-state index contributed by atoms with van der Waals surface area (Å²) >= 11 is 1.55. The van der Waals surface area contributed by atoms with Crippen LogP contribution in [0.3, 0.4) is 0 Å². The van der Waals surface area contributed by atoms with E-state index in [-0.39, 0.29) is 23.0 Å². The van der Waals surface area contributed by atoms with E-state index in [0.717, 1.165) is 28.8 Å². The third-order valence-electron chi connectivity index (χ3n) is 6.48. The lowest BCUT2D eigenvalue weighted by Gasteiger charge is -2.38. The number of carbonyl (C=O) groups is 1. The second-order valence-corrected chi connectivity index (χ2v) is 10.5. The summed E-state index contributed by atoms with van der Waals surface area (Å²) in [6, 6.07) is 8.91. The first-order valence-corrected chi connectivity index (χ1v) is 12.7. The van der Waals surface area contributed by atoms with Crippen LogP contribution in [-0.4, -0.2) is 32.3 Å². The summed E-state index contributed by atoms with van der Waals surface area (Å²) in [4.78, 5) is 14.3. The summed E-state index contributed by atoms with van der Waals surface area (Å²) in [6.07, 6.45) is -0.889. The Hall–Kier alpha value is -2.37. The van der Waals surface area contributed by atoms with Gasteiger partial charge in [-0.25, -0.2) is 4.98 Å². The molecule has 0 aliphatic carbocycles. The number of carbonyl (C=O) groups excluding carboxylic acids is 1. The number of nitrogens with one attached hydrogen (secondary N) is 2. The molecule has 37 heavy (non-hydrogen) atoms. The smallest absolute Gasteiger partial charge is 0.416 e. The van der Waals surface area contributed by atoms with Gasteiger partial charge in [-0.1, -0.05) is 24.3 Å². The zero-order valence-corrected chi connectivity index (χ0v) is 23.6. The van der Waals surface area contributed by atoms with Crippen molar-refractivity contribution in [3.8, 4) is 5.75 Å². The Morgan fingerprint density at radius 1 is 1.19 bits per heavy atom. The fourth-order valence-corrected chi connectivity index (χ4v) is 5.39. The van der Waals surface area contributed by atoms with E-state index in [1.165, 1.54) is 25.4 Å². The largest absolute Gasteiger partial charge is 1.00 e. The van der Waals surface area contributed by atoms with Crippen molar-refractivity contribution in [3.05, 3.63) is 76.4 Å². The molecule has 1 aromatic heterocycles. The van der Waals surface area contributed by atoms with Crippen molar-refractivity contribution >= 4 is 17.7 Å². The third-order valence-corrected chi connectivity index (χ3v) is 7.87. The van der Waals surface area contributed by atoms with E-state index in [2.05, 4.69) is 15.2 Å². The van der Waals surface area contributed by atoms with Crippen molar-refractivity contribution < 1.29 is 49.8 Å². The number of benzene rings is 2. The molecule has 1 heterocycles. The highest BCUT2D eigenvalue weighted by Crippen LogP contribution is 2.48. The second-order valence-electron chi connectivity index (χ2n) is 9.14. The number of aromatic nitrogens is 3. The predicted molar refractivity (Wildman–Crippen MR) is 132 cm³/mol. The van der Waals surface area contributed by atoms with Crippen LogP contribution in [0, 0.1) is 13.8 Å². The van der Waals surface area contributed by atoms with Crippen molar-refractivity contribution in [1.82, 2.24) is 10.2 Å². The summed E-state index contributed by atoms with van der Waals surface area (Å²) in [6.45, 7) is 7.13. The molecule has 3 atom stereocenters. The van der Waals surface area contributed by atoms with Crippen molar-refractivity contribution in [1.29, 1.82) is 0 Å². The topological polar surface area (TPSA) is 89.4 Å². The number of halogens is 4. The average Bonchev–Trinajstić information content (AvgIpc) is 3.35. The van der Waals surface area contributed by atoms with Crippen molar-refractivity contribution in [2.75, 3.05) is 6.26 Å². The van der Waals surface area contributed by atoms with Gasteiger partial charge < -0.3 is 26.8 Å². The quantitative estimate of drug-likeness (QED) is 0.290. The summed E-state index contributed by atoms with van der Waals surface area (Å²) in [7, 11) is 0. The van der Waals surface area contributed by atoms with Gasteiger partial charge in [0.1, 0.15) is 5.75 Å². The standard InChI is InChI=1S/C26H30F3N3O3S.BrH/c1-15-12-18(13-16(2)23(15)35-17(3)33)10-11-25(4,36-5)21(22(34)24-30-14-31-32-24)19-6-8-20(9-7-19)26(27,28)29;/h6-9,12-14,21-22,34H,10-11H2,1-5H3,(H,30,31,32);1H. The maximum atomic E-state index is 13.2. The maximum Gasteiger partial charge on any atom is 0.416 e. The minimum atomic E-state index is -4.44. The van der Waals surface area contributed by atoms with Gasteiger partial charge in [0, 0.05) is 22.7 Å². The number of hydrogen-bond acceptors (Lipinski definition) is 5. The highest BCUT2D eigenvalue weighted by Gasteiger charge is 2.42. The molecule has 0 saturated heterocycles. The molecule has 0 spiro atoms. The van der Waals surface area contributed by atoms with Gasteiger partial charge in [0.15, 0.2) is 6.10 Å². The number of nitrogens with zero attached hydrogens (tertiary/aromatic N) is 1. The first-order chi connectivity index (χ1) is 16.9. The number of H-pyrrole nitrogens is 2. The zero-order chi connectivity index (χ0) is 26.7. The number of thioether (sulfide) groups is 1. The molecule has 6 nitrogen and oxygen atoms in total. The van der Waals surface area contributed by atoms with Gasteiger partial charge in [-0.3, -0.25) is 4.79 Å². The Bertz CT molecular complexity index is 1170. The van der Waals surface area contributed by atoms with Gasteiger partial charge >= 0.3 is 12.1 Å². The average molecular weight is 603 g/mol. The molecule has 2 aromatic carbocycles. The number of alkyl halides is 3. The van der Waals surface area contributed by atoms with E-state index in [1.807, 2.05) is 39.2 Å². The number of esters is 1. The second kappa shape index (κ2) is 12.4. The minimum absolute atomic E-state index is 0. The predicted octanol–water partition coefficient (Wildman–Crippen LogP) is 2.36. The maximum absolute atomic E-state index is 13.2. The molecule has 3 aromatic rings. The summed E-state index contributed by atoms with van der Waals surface area (Å²) in [5.74, 6) is -0.00815. The molecule has 0 saturated carbocycles. The first kappa shape index (κ1) is 30.9. The van der Waals surface area contributed by atoms with Gasteiger partial charge in [-0.2, -0.15) is 24.9 Å². The lowest BCUT2D eigenvalue weighted by atomic mass is 9.78. The van der Waals surface area contributed by atoms with Crippen LogP contribution in [0.4, 0.5) is 13.2 Å². The van der Waals surface area contributed by atoms with Crippen molar-refractivity contribution in [2.24, 2.45) is 0 Å². The number of ether oxygens (including phenoxy) is 1. The summed E-state index contributed by atoms with van der Waals surface area (Å²) in [5.41, 5.74) is 2.58. The number of aliphatic hydroxyl groups is 1. The molecular weight excluding hydrogens is 571 g/mol. The van der Waals surface area contributed by atoms with E-state index >= 15 is 0 Å². The van der Waals surface area contributed by atoms with Crippen LogP contribution >= 0.6 is 11.8 Å². The van der Waals surface area contributed by atoms with Gasteiger partial charge in [0.05, 0.1) is 5.56 Å². The van der Waals surface area contributed by atoms with Crippen LogP contribution in [0.5, 0.6) is 5.75 Å². The molecule has 3 unspecified atom stereocenters. The lowest BCUT2D eigenvalue weighted by molar-refractivity contribution is -0.400. The fourth-order valence-electron chi connectivity index (χ4n) is 4.57. The fraction of sp³-hybridized carbons (Fsp3) is 0.423. The molecule has 11 heteroatoms. The molecule has 0 aliphatic rings. The number of aryl methyl sites for hydroxylation is 3. The van der Waals surface area contributed by atoms with Gasteiger partial charge in [-0.15, -0.1) is 5.10 Å². The molecule has 202 valence electrons. The molecule has 3 N–H and O–H groups in total. The third kappa shape index (κ3) is 7.36. The zero-order valence-electron chi connectivity index (χ0n) is 21.2. The minimum Gasteiger partial charge on any atom is -1.00 e. The van der Waals surface area contributed by atoms with Crippen LogP contribution in [-0.2, 0) is 17.4 Å². The van der Waals surface area contributed by atoms with E-state index in [0.29, 0.717) is 30.0 Å². The van der Waals surface area contributed by atoms with Crippen molar-refractivity contribution in [3.63, 3.8) is 0 Å². The van der Waals surface area contributed by atoms with Crippen LogP contribution in [0.2, 0.25) is 0 Å². The van der Waals surface area contributed by atoms with Crippen LogP contribution < -0.4 is 26.7 Å². The Morgan fingerprint density at radius 3 is 2.24 bits per heavy atom. The monoisotopic (exact) mass is 601 g/mol. The first-order valence-electron chi connectivity index (χ1n) is 11.5. The molecule has 0 fully saturated rings. The van der Waals surface area contributed by atoms with Crippen LogP contribution in [0.25, 0.3) is 0 Å². The Morgan fingerprint density at radius 2 is 1.78 bits per heavy atom. The number of hydrogen-bond donors (Lipinski definition) is 2. The number of aromatic amines is 2. The molecular formula is C26H31BrF3N3O3S. The number of rotatable bonds is 9. The van der Waals surface area contributed by atoms with Crippen LogP contribution in [0.15, 0.2) is 42.7 Å². The molecule has 0 aliphatic heterocycles. The Balaban J connectivity index is 0.00000481. The molecule has 0 radical (unpaired) electrons. The highest BCUT2D eigenvalue weighted by atomic mass is 79.9. The van der Waals surface area contributed by atoms with Crippen LogP contribution in [0.1, 0.15) is 65.9 Å².